The number of para-hydroxylation sites is 1. The number of hydrogen-bond acceptors (Lipinski definition) is 4. The average Bonchev–Trinajstić information content (AvgIpc) is 3.11. The molecule has 2 heterocycles. The quantitative estimate of drug-likeness (QED) is 0.916. The summed E-state index contributed by atoms with van der Waals surface area (Å²) in [5.74, 6) is 1.43. The molecule has 0 unspecified atom stereocenters. The van der Waals surface area contributed by atoms with Crippen LogP contribution in [-0.4, -0.2) is 24.1 Å². The molecule has 0 saturated heterocycles. The van der Waals surface area contributed by atoms with E-state index in [9.17, 15) is 9.59 Å². The van der Waals surface area contributed by atoms with E-state index in [0.29, 0.717) is 18.8 Å². The second-order valence-electron chi connectivity index (χ2n) is 5.22. The highest BCUT2D eigenvalue weighted by atomic mass is 32.2. The third kappa shape index (κ3) is 3.96. The monoisotopic (exact) mass is 330 g/mol. The van der Waals surface area contributed by atoms with Gasteiger partial charge in [0.2, 0.25) is 11.8 Å². The molecular weight excluding hydrogens is 312 g/mol. The Morgan fingerprint density at radius 3 is 2.87 bits per heavy atom. The number of amides is 2. The maximum atomic E-state index is 12.4. The Kier molecular flexibility index (Phi) is 5.02. The van der Waals surface area contributed by atoms with Gasteiger partial charge in [0.25, 0.3) is 0 Å². The van der Waals surface area contributed by atoms with Gasteiger partial charge in [0.15, 0.2) is 0 Å². The summed E-state index contributed by atoms with van der Waals surface area (Å²) in [4.78, 5) is 27.2. The molecule has 0 saturated carbocycles. The van der Waals surface area contributed by atoms with Gasteiger partial charge in [0, 0.05) is 30.0 Å². The van der Waals surface area contributed by atoms with Crippen LogP contribution in [-0.2, 0) is 16.1 Å². The molecule has 0 radical (unpaired) electrons. The molecule has 1 aliphatic heterocycles. The second kappa shape index (κ2) is 7.37. The zero-order valence-electron chi connectivity index (χ0n) is 12.7. The van der Waals surface area contributed by atoms with Gasteiger partial charge >= 0.3 is 0 Å². The van der Waals surface area contributed by atoms with Gasteiger partial charge in [-0.3, -0.25) is 9.59 Å². The molecule has 1 aliphatic rings. The first kappa shape index (κ1) is 15.7. The van der Waals surface area contributed by atoms with Crippen molar-refractivity contribution >= 4 is 29.3 Å². The van der Waals surface area contributed by atoms with E-state index in [2.05, 4.69) is 5.32 Å². The molecule has 2 aromatic rings. The van der Waals surface area contributed by atoms with Crippen molar-refractivity contribution in [2.24, 2.45) is 0 Å². The van der Waals surface area contributed by atoms with Crippen LogP contribution in [0.3, 0.4) is 0 Å². The topological polar surface area (TPSA) is 62.6 Å². The van der Waals surface area contributed by atoms with Gasteiger partial charge in [-0.1, -0.05) is 12.1 Å². The first-order chi connectivity index (χ1) is 11.2. The highest BCUT2D eigenvalue weighted by Gasteiger charge is 2.22. The summed E-state index contributed by atoms with van der Waals surface area (Å²) in [5.41, 5.74) is 0.949. The van der Waals surface area contributed by atoms with Gasteiger partial charge in [-0.2, -0.15) is 0 Å². The fourth-order valence-electron chi connectivity index (χ4n) is 2.47. The molecular formula is C17H18N2O3S. The Bertz CT molecular complexity index is 685. The molecule has 3 rings (SSSR count). The van der Waals surface area contributed by atoms with Crippen molar-refractivity contribution in [1.29, 1.82) is 0 Å². The maximum Gasteiger partial charge on any atom is 0.227 e. The number of hydrogen-bond donors (Lipinski definition) is 1. The summed E-state index contributed by atoms with van der Waals surface area (Å²) in [7, 11) is 0. The van der Waals surface area contributed by atoms with E-state index in [4.69, 9.17) is 4.42 Å². The fraction of sp³-hybridized carbons (Fsp3) is 0.294. The van der Waals surface area contributed by atoms with Crippen LogP contribution in [0.1, 0.15) is 18.6 Å². The third-order valence-corrected chi connectivity index (χ3v) is 4.68. The molecule has 0 atom stereocenters. The zero-order chi connectivity index (χ0) is 16.1. The number of nitrogens with one attached hydrogen (secondary N) is 1. The Balaban J connectivity index is 1.51. The van der Waals surface area contributed by atoms with Crippen LogP contribution in [0, 0.1) is 0 Å². The summed E-state index contributed by atoms with van der Waals surface area (Å²) in [6.07, 6.45) is 1.96. The van der Waals surface area contributed by atoms with Gasteiger partial charge in [0.05, 0.1) is 18.5 Å². The van der Waals surface area contributed by atoms with E-state index >= 15 is 0 Å². The molecule has 5 nitrogen and oxygen atoms in total. The molecule has 0 spiro atoms. The first-order valence-corrected chi connectivity index (χ1v) is 8.54. The van der Waals surface area contributed by atoms with E-state index in [1.165, 1.54) is 0 Å². The fourth-order valence-corrected chi connectivity index (χ4v) is 3.47. The number of rotatable bonds is 5. The van der Waals surface area contributed by atoms with E-state index in [1.807, 2.05) is 24.3 Å². The molecule has 1 N–H and O–H groups in total. The van der Waals surface area contributed by atoms with Crippen LogP contribution in [0.15, 0.2) is 52.0 Å². The zero-order valence-corrected chi connectivity index (χ0v) is 13.5. The molecule has 6 heteroatoms. The van der Waals surface area contributed by atoms with Crippen LogP contribution >= 0.6 is 11.8 Å². The lowest BCUT2D eigenvalue weighted by Crippen LogP contribution is -2.36. The predicted octanol–water partition coefficient (Wildman–Crippen LogP) is 2.81. The lowest BCUT2D eigenvalue weighted by atomic mass is 10.2. The van der Waals surface area contributed by atoms with Crippen molar-refractivity contribution in [3.63, 3.8) is 0 Å². The highest BCUT2D eigenvalue weighted by Crippen LogP contribution is 2.34. The number of thioether (sulfide) groups is 1. The summed E-state index contributed by atoms with van der Waals surface area (Å²) >= 11 is 1.76. The molecule has 0 fully saturated rings. The number of fused-ring (bicyclic) bond motifs is 1. The number of benzene rings is 1. The van der Waals surface area contributed by atoms with E-state index < -0.39 is 0 Å². The lowest BCUT2D eigenvalue weighted by molar-refractivity contribution is -0.125. The Hall–Kier alpha value is -2.21. The van der Waals surface area contributed by atoms with Gasteiger partial charge in [-0.05, 0) is 24.3 Å². The standard InChI is InChI=1S/C17H18N2O3S/c20-16(18-12-13-4-3-10-22-13)7-8-17(21)19-9-11-23-15-6-2-1-5-14(15)19/h1-6,10H,7-9,11-12H2,(H,18,20). The van der Waals surface area contributed by atoms with Crippen molar-refractivity contribution < 1.29 is 14.0 Å². The van der Waals surface area contributed by atoms with Crippen LogP contribution in [0.2, 0.25) is 0 Å². The van der Waals surface area contributed by atoms with Crippen LogP contribution in [0.25, 0.3) is 0 Å². The van der Waals surface area contributed by atoms with Crippen molar-refractivity contribution in [3.8, 4) is 0 Å². The van der Waals surface area contributed by atoms with Gasteiger partial charge in [-0.25, -0.2) is 0 Å². The third-order valence-electron chi connectivity index (χ3n) is 3.64. The summed E-state index contributed by atoms with van der Waals surface area (Å²) in [6, 6.07) is 11.5. The predicted molar refractivity (Wildman–Crippen MR) is 89.3 cm³/mol. The SMILES string of the molecule is O=C(CCC(=O)N1CCSc2ccccc21)NCc1ccco1. The van der Waals surface area contributed by atoms with Crippen molar-refractivity contribution in [2.45, 2.75) is 24.3 Å². The van der Waals surface area contributed by atoms with Gasteiger partial charge in [0.1, 0.15) is 5.76 Å². The van der Waals surface area contributed by atoms with Gasteiger partial charge < -0.3 is 14.6 Å². The summed E-state index contributed by atoms with van der Waals surface area (Å²) in [5, 5.41) is 2.75. The lowest BCUT2D eigenvalue weighted by Gasteiger charge is -2.29. The number of carbonyl (C=O) groups excluding carboxylic acids is 2. The van der Waals surface area contributed by atoms with Crippen LogP contribution in [0.4, 0.5) is 5.69 Å². The minimum absolute atomic E-state index is 0.00843. The minimum atomic E-state index is -0.144. The number of nitrogens with zero attached hydrogens (tertiary/aromatic N) is 1. The number of anilines is 1. The van der Waals surface area contributed by atoms with E-state index in [0.717, 1.165) is 16.3 Å². The molecule has 0 aliphatic carbocycles. The van der Waals surface area contributed by atoms with Crippen molar-refractivity contribution in [2.75, 3.05) is 17.2 Å². The van der Waals surface area contributed by atoms with Gasteiger partial charge in [-0.15, -0.1) is 11.8 Å². The van der Waals surface area contributed by atoms with Crippen molar-refractivity contribution in [1.82, 2.24) is 5.32 Å². The van der Waals surface area contributed by atoms with Crippen molar-refractivity contribution in [3.05, 3.63) is 48.4 Å². The molecule has 120 valence electrons. The normalized spacial score (nSPS) is 13.5. The maximum absolute atomic E-state index is 12.4. The smallest absolute Gasteiger partial charge is 0.227 e. The van der Waals surface area contributed by atoms with E-state index in [1.54, 1.807) is 35.1 Å². The second-order valence-corrected chi connectivity index (χ2v) is 6.35. The highest BCUT2D eigenvalue weighted by molar-refractivity contribution is 7.99. The molecule has 0 bridgehead atoms. The minimum Gasteiger partial charge on any atom is -0.467 e. The Labute approximate surface area is 139 Å². The Morgan fingerprint density at radius 2 is 2.04 bits per heavy atom. The summed E-state index contributed by atoms with van der Waals surface area (Å²) in [6.45, 7) is 1.04. The Morgan fingerprint density at radius 1 is 1.17 bits per heavy atom. The first-order valence-electron chi connectivity index (χ1n) is 7.55. The largest absolute Gasteiger partial charge is 0.467 e. The molecule has 23 heavy (non-hydrogen) atoms. The van der Waals surface area contributed by atoms with Crippen LogP contribution < -0.4 is 10.2 Å². The molecule has 2 amide bonds. The van der Waals surface area contributed by atoms with E-state index in [-0.39, 0.29) is 24.7 Å². The number of furan rings is 1. The summed E-state index contributed by atoms with van der Waals surface area (Å²) < 4.78 is 5.15. The van der Waals surface area contributed by atoms with Crippen LogP contribution in [0.5, 0.6) is 0 Å². The average molecular weight is 330 g/mol. The molecule has 1 aromatic carbocycles. The molecule has 1 aromatic heterocycles. The number of carbonyl (C=O) groups is 2.